The number of halogens is 1. The van der Waals surface area contributed by atoms with Crippen LogP contribution in [0, 0.1) is 17.3 Å². The molecule has 1 unspecified atom stereocenters. The Morgan fingerprint density at radius 1 is 1.32 bits per heavy atom. The van der Waals surface area contributed by atoms with Gasteiger partial charge in [-0.05, 0) is 43.4 Å². The molecule has 0 radical (unpaired) electrons. The molecular weight excluding hydrogens is 429 g/mol. The minimum Gasteiger partial charge on any atom is -0.381 e. The maximum atomic E-state index is 5.74. The highest BCUT2D eigenvalue weighted by molar-refractivity contribution is 14.0. The number of nitrogens with zero attached hydrogens (tertiary/aromatic N) is 1. The van der Waals surface area contributed by atoms with Crippen LogP contribution in [0.3, 0.4) is 0 Å². The normalized spacial score (nSPS) is 22.4. The molecule has 1 aliphatic carbocycles. The van der Waals surface area contributed by atoms with Crippen LogP contribution in [0.5, 0.6) is 0 Å². The molecule has 1 saturated carbocycles. The van der Waals surface area contributed by atoms with Crippen LogP contribution in [0.4, 0.5) is 0 Å². The Hall–Kier alpha value is -0.0800. The molecule has 2 rings (SSSR count). The highest BCUT2D eigenvalue weighted by Crippen LogP contribution is 2.45. The van der Waals surface area contributed by atoms with Crippen molar-refractivity contribution in [2.24, 2.45) is 22.2 Å². The van der Waals surface area contributed by atoms with Gasteiger partial charge in [-0.25, -0.2) is 0 Å². The molecule has 0 amide bonds. The van der Waals surface area contributed by atoms with E-state index in [1.165, 1.54) is 25.7 Å². The Bertz CT molecular complexity index is 381. The monoisotopic (exact) mass is 467 g/mol. The van der Waals surface area contributed by atoms with E-state index in [4.69, 9.17) is 9.47 Å². The molecule has 148 valence electrons. The van der Waals surface area contributed by atoms with Gasteiger partial charge in [-0.3, -0.25) is 4.99 Å². The summed E-state index contributed by atoms with van der Waals surface area (Å²) in [6.07, 6.45) is 7.56. The van der Waals surface area contributed by atoms with Crippen LogP contribution in [0.25, 0.3) is 0 Å². The molecule has 0 aromatic rings. The summed E-state index contributed by atoms with van der Waals surface area (Å²) < 4.78 is 11.1. The van der Waals surface area contributed by atoms with Gasteiger partial charge in [0, 0.05) is 39.3 Å². The van der Waals surface area contributed by atoms with Crippen LogP contribution in [-0.4, -0.2) is 52.5 Å². The number of hydrogen-bond donors (Lipinski definition) is 2. The van der Waals surface area contributed by atoms with Crippen LogP contribution < -0.4 is 10.6 Å². The third-order valence-electron chi connectivity index (χ3n) is 5.25. The highest BCUT2D eigenvalue weighted by Gasteiger charge is 2.37. The lowest BCUT2D eigenvalue weighted by Crippen LogP contribution is -2.47. The van der Waals surface area contributed by atoms with E-state index >= 15 is 0 Å². The molecule has 0 spiro atoms. The molecular formula is C19H38IN3O2. The first kappa shape index (κ1) is 23.0. The molecule has 1 atom stereocenters. The van der Waals surface area contributed by atoms with Gasteiger partial charge in [0.25, 0.3) is 0 Å². The van der Waals surface area contributed by atoms with E-state index in [2.05, 4.69) is 29.5 Å². The third kappa shape index (κ3) is 8.43. The Labute approximate surface area is 171 Å². The maximum Gasteiger partial charge on any atom is 0.190 e. The molecule has 0 aromatic heterocycles. The topological polar surface area (TPSA) is 54.9 Å². The van der Waals surface area contributed by atoms with E-state index in [0.29, 0.717) is 11.3 Å². The summed E-state index contributed by atoms with van der Waals surface area (Å²) in [6, 6.07) is 0. The first-order valence-electron chi connectivity index (χ1n) is 9.73. The van der Waals surface area contributed by atoms with Gasteiger partial charge >= 0.3 is 0 Å². The summed E-state index contributed by atoms with van der Waals surface area (Å²) in [5.41, 5.74) is 0.498. The van der Waals surface area contributed by atoms with Crippen LogP contribution in [0.15, 0.2) is 4.99 Å². The first-order valence-corrected chi connectivity index (χ1v) is 9.73. The largest absolute Gasteiger partial charge is 0.381 e. The summed E-state index contributed by atoms with van der Waals surface area (Å²) in [4.78, 5) is 4.35. The van der Waals surface area contributed by atoms with Crippen LogP contribution in [0.1, 0.15) is 52.4 Å². The van der Waals surface area contributed by atoms with Crippen molar-refractivity contribution < 1.29 is 9.47 Å². The zero-order valence-electron chi connectivity index (χ0n) is 16.3. The Balaban J connectivity index is 0.00000312. The number of guanidine groups is 1. The molecule has 1 aliphatic heterocycles. The summed E-state index contributed by atoms with van der Waals surface area (Å²) in [5.74, 6) is 2.30. The van der Waals surface area contributed by atoms with Crippen molar-refractivity contribution in [3.8, 4) is 0 Å². The second-order valence-electron chi connectivity index (χ2n) is 7.96. The Kier molecular flexibility index (Phi) is 11.3. The fourth-order valence-electron chi connectivity index (χ4n) is 3.83. The second kappa shape index (κ2) is 12.3. The zero-order valence-corrected chi connectivity index (χ0v) is 18.6. The van der Waals surface area contributed by atoms with E-state index in [-0.39, 0.29) is 24.0 Å². The fraction of sp³-hybridized carbons (Fsp3) is 0.947. The SMILES string of the molecule is CN=C(NCCCOCC1CCOC1)NCC1(CC(C)C)CCC1.I. The zero-order chi connectivity index (χ0) is 17.3. The molecule has 2 fully saturated rings. The first-order chi connectivity index (χ1) is 11.6. The van der Waals surface area contributed by atoms with Crippen molar-refractivity contribution in [3.05, 3.63) is 0 Å². The van der Waals surface area contributed by atoms with E-state index in [1.54, 1.807) is 0 Å². The Morgan fingerprint density at radius 3 is 2.68 bits per heavy atom. The molecule has 2 aliphatic rings. The van der Waals surface area contributed by atoms with E-state index in [0.717, 1.165) is 64.2 Å². The molecule has 2 N–H and O–H groups in total. The second-order valence-corrected chi connectivity index (χ2v) is 7.96. The van der Waals surface area contributed by atoms with Crippen LogP contribution >= 0.6 is 24.0 Å². The van der Waals surface area contributed by atoms with E-state index < -0.39 is 0 Å². The van der Waals surface area contributed by atoms with E-state index in [9.17, 15) is 0 Å². The Morgan fingerprint density at radius 2 is 2.12 bits per heavy atom. The van der Waals surface area contributed by atoms with Crippen LogP contribution in [-0.2, 0) is 9.47 Å². The lowest BCUT2D eigenvalue weighted by Gasteiger charge is -2.43. The number of ether oxygens (including phenoxy) is 2. The summed E-state index contributed by atoms with van der Waals surface area (Å²) in [5, 5.41) is 6.94. The summed E-state index contributed by atoms with van der Waals surface area (Å²) in [7, 11) is 1.85. The number of rotatable bonds is 10. The van der Waals surface area contributed by atoms with E-state index in [1.807, 2.05) is 7.05 Å². The number of nitrogens with one attached hydrogen (secondary N) is 2. The van der Waals surface area contributed by atoms with Crippen molar-refractivity contribution in [1.29, 1.82) is 0 Å². The average Bonchev–Trinajstić information content (AvgIpc) is 3.03. The molecule has 5 nitrogen and oxygen atoms in total. The predicted octanol–water partition coefficient (Wildman–Crippen LogP) is 3.43. The van der Waals surface area contributed by atoms with Gasteiger partial charge in [-0.1, -0.05) is 20.3 Å². The van der Waals surface area contributed by atoms with Crippen molar-refractivity contribution in [2.45, 2.75) is 52.4 Å². The molecule has 0 aromatic carbocycles. The van der Waals surface area contributed by atoms with Crippen molar-refractivity contribution in [1.82, 2.24) is 10.6 Å². The van der Waals surface area contributed by atoms with Gasteiger partial charge in [-0.15, -0.1) is 24.0 Å². The quantitative estimate of drug-likeness (QED) is 0.224. The van der Waals surface area contributed by atoms with Crippen molar-refractivity contribution >= 4 is 29.9 Å². The lowest BCUT2D eigenvalue weighted by molar-refractivity contribution is 0.0886. The number of aliphatic imine (C=N–C) groups is 1. The molecule has 1 heterocycles. The average molecular weight is 467 g/mol. The third-order valence-corrected chi connectivity index (χ3v) is 5.25. The smallest absolute Gasteiger partial charge is 0.190 e. The van der Waals surface area contributed by atoms with Crippen molar-refractivity contribution in [2.75, 3.05) is 46.6 Å². The van der Waals surface area contributed by atoms with Gasteiger partial charge in [0.1, 0.15) is 0 Å². The predicted molar refractivity (Wildman–Crippen MR) is 115 cm³/mol. The van der Waals surface area contributed by atoms with Crippen LogP contribution in [0.2, 0.25) is 0 Å². The molecule has 6 heteroatoms. The standard InChI is InChI=1S/C19H37N3O2.HI/c1-16(2)12-19(7-4-8-19)15-22-18(20-3)21-9-5-10-23-13-17-6-11-24-14-17;/h16-17H,4-15H2,1-3H3,(H2,20,21,22);1H. The van der Waals surface area contributed by atoms with Gasteiger partial charge < -0.3 is 20.1 Å². The highest BCUT2D eigenvalue weighted by atomic mass is 127. The number of hydrogen-bond acceptors (Lipinski definition) is 3. The van der Waals surface area contributed by atoms with Crippen molar-refractivity contribution in [3.63, 3.8) is 0 Å². The molecule has 1 saturated heterocycles. The van der Waals surface area contributed by atoms with Gasteiger partial charge in [0.15, 0.2) is 5.96 Å². The van der Waals surface area contributed by atoms with Gasteiger partial charge in [0.2, 0.25) is 0 Å². The minimum atomic E-state index is 0. The fourth-order valence-corrected chi connectivity index (χ4v) is 3.83. The molecule has 0 bridgehead atoms. The molecule has 25 heavy (non-hydrogen) atoms. The maximum absolute atomic E-state index is 5.74. The van der Waals surface area contributed by atoms with Gasteiger partial charge in [-0.2, -0.15) is 0 Å². The minimum absolute atomic E-state index is 0. The lowest BCUT2D eigenvalue weighted by atomic mass is 9.64. The van der Waals surface area contributed by atoms with Gasteiger partial charge in [0.05, 0.1) is 13.2 Å². The summed E-state index contributed by atoms with van der Waals surface area (Å²) in [6.45, 7) is 10.0. The summed E-state index contributed by atoms with van der Waals surface area (Å²) >= 11 is 0.